The van der Waals surface area contributed by atoms with Crippen LogP contribution in [0.25, 0.3) is 5.69 Å². The molecule has 1 saturated heterocycles. The number of carbonyl (C=O) groups excluding carboxylic acids is 1. The number of para-hydroxylation sites is 1. The molecule has 7 nitrogen and oxygen atoms in total. The molecule has 0 radical (unpaired) electrons. The smallest absolute Gasteiger partial charge is 0.310 e. The van der Waals surface area contributed by atoms with E-state index < -0.39 is 0 Å². The lowest BCUT2D eigenvalue weighted by atomic mass is 9.98. The number of likely N-dealkylation sites (tertiary alicyclic amines) is 1. The van der Waals surface area contributed by atoms with Crippen molar-refractivity contribution in [2.45, 2.75) is 32.6 Å². The number of piperidine rings is 1. The van der Waals surface area contributed by atoms with Gasteiger partial charge in [-0.1, -0.05) is 18.2 Å². The molecule has 1 atom stereocenters. The average Bonchev–Trinajstić information content (AvgIpc) is 3.11. The maximum Gasteiger partial charge on any atom is 0.310 e. The molecule has 3 rings (SSSR count). The molecular formula is C18H25N5O2. The number of benzene rings is 1. The Morgan fingerprint density at radius 1 is 1.32 bits per heavy atom. The van der Waals surface area contributed by atoms with Crippen LogP contribution in [0.1, 0.15) is 32.0 Å². The van der Waals surface area contributed by atoms with Crippen LogP contribution in [-0.2, 0) is 16.0 Å². The first-order chi connectivity index (χ1) is 12.3. The number of aromatic nitrogens is 4. The van der Waals surface area contributed by atoms with Gasteiger partial charge in [0.15, 0.2) is 5.82 Å². The van der Waals surface area contributed by atoms with E-state index in [1.54, 1.807) is 4.68 Å². The largest absolute Gasteiger partial charge is 0.466 e. The highest BCUT2D eigenvalue weighted by molar-refractivity contribution is 5.72. The molecule has 0 aliphatic carbocycles. The van der Waals surface area contributed by atoms with E-state index in [9.17, 15) is 4.79 Å². The number of tetrazole rings is 1. The van der Waals surface area contributed by atoms with Gasteiger partial charge in [-0.25, -0.2) is 0 Å². The molecule has 0 spiro atoms. The SMILES string of the molecule is CCOC(=O)[C@H]1CCCN(CCCc2nnnn2-c2ccccc2)C1. The number of aryl methyl sites for hydroxylation is 1. The van der Waals surface area contributed by atoms with Crippen LogP contribution in [0.4, 0.5) is 0 Å². The van der Waals surface area contributed by atoms with Crippen LogP contribution < -0.4 is 0 Å². The molecule has 1 aromatic heterocycles. The quantitative estimate of drug-likeness (QED) is 0.715. The second kappa shape index (κ2) is 8.71. The minimum absolute atomic E-state index is 0.0170. The van der Waals surface area contributed by atoms with Crippen molar-refractivity contribution in [1.29, 1.82) is 0 Å². The first kappa shape index (κ1) is 17.5. The molecule has 1 fully saturated rings. The third-order valence-corrected chi connectivity index (χ3v) is 4.54. The standard InChI is InChI=1S/C18H25N5O2/c1-2-25-18(24)15-8-6-12-22(14-15)13-7-11-17-19-20-21-23(17)16-9-4-3-5-10-16/h3-5,9-10,15H,2,6-8,11-14H2,1H3/t15-/m0/s1. The first-order valence-corrected chi connectivity index (χ1v) is 8.99. The van der Waals surface area contributed by atoms with E-state index in [1.807, 2.05) is 37.3 Å². The zero-order valence-corrected chi connectivity index (χ0v) is 14.7. The Bertz CT molecular complexity index is 673. The van der Waals surface area contributed by atoms with Gasteiger partial charge in [-0.15, -0.1) is 5.10 Å². The van der Waals surface area contributed by atoms with Crippen molar-refractivity contribution >= 4 is 5.97 Å². The van der Waals surface area contributed by atoms with Crippen molar-refractivity contribution in [1.82, 2.24) is 25.1 Å². The van der Waals surface area contributed by atoms with Gasteiger partial charge in [0.05, 0.1) is 18.2 Å². The molecule has 0 saturated carbocycles. The summed E-state index contributed by atoms with van der Waals surface area (Å²) >= 11 is 0. The van der Waals surface area contributed by atoms with Crippen LogP contribution in [0.5, 0.6) is 0 Å². The molecule has 1 aliphatic heterocycles. The summed E-state index contributed by atoms with van der Waals surface area (Å²) in [5, 5.41) is 12.0. The third-order valence-electron chi connectivity index (χ3n) is 4.54. The molecular weight excluding hydrogens is 318 g/mol. The second-order valence-electron chi connectivity index (χ2n) is 6.34. The van der Waals surface area contributed by atoms with Crippen molar-refractivity contribution < 1.29 is 9.53 Å². The number of hydrogen-bond donors (Lipinski definition) is 0. The number of carbonyl (C=O) groups is 1. The van der Waals surface area contributed by atoms with Crippen LogP contribution >= 0.6 is 0 Å². The van der Waals surface area contributed by atoms with Crippen LogP contribution in [0, 0.1) is 5.92 Å². The minimum Gasteiger partial charge on any atom is -0.466 e. The zero-order valence-electron chi connectivity index (χ0n) is 14.7. The molecule has 7 heteroatoms. The predicted molar refractivity (Wildman–Crippen MR) is 93.3 cm³/mol. The predicted octanol–water partition coefficient (Wildman–Crippen LogP) is 1.87. The molecule has 2 aromatic rings. The lowest BCUT2D eigenvalue weighted by Gasteiger charge is -2.31. The van der Waals surface area contributed by atoms with Gasteiger partial charge in [-0.3, -0.25) is 4.79 Å². The highest BCUT2D eigenvalue weighted by Crippen LogP contribution is 2.18. The van der Waals surface area contributed by atoms with E-state index in [1.165, 1.54) is 0 Å². The van der Waals surface area contributed by atoms with Gasteiger partial charge in [0.25, 0.3) is 0 Å². The highest BCUT2D eigenvalue weighted by atomic mass is 16.5. The maximum absolute atomic E-state index is 11.9. The average molecular weight is 343 g/mol. The van der Waals surface area contributed by atoms with E-state index in [4.69, 9.17) is 4.74 Å². The molecule has 134 valence electrons. The van der Waals surface area contributed by atoms with E-state index in [0.717, 1.165) is 56.8 Å². The number of rotatable bonds is 7. The summed E-state index contributed by atoms with van der Waals surface area (Å²) < 4.78 is 6.95. The lowest BCUT2D eigenvalue weighted by Crippen LogP contribution is -2.40. The molecule has 0 amide bonds. The Kier molecular flexibility index (Phi) is 6.11. The van der Waals surface area contributed by atoms with Gasteiger partial charge in [0.1, 0.15) is 0 Å². The normalized spacial score (nSPS) is 18.2. The fraction of sp³-hybridized carbons (Fsp3) is 0.556. The Morgan fingerprint density at radius 2 is 2.16 bits per heavy atom. The Labute approximate surface area is 148 Å². The van der Waals surface area contributed by atoms with E-state index in [0.29, 0.717) is 6.61 Å². The van der Waals surface area contributed by atoms with Gasteiger partial charge in [0.2, 0.25) is 0 Å². The Morgan fingerprint density at radius 3 is 2.96 bits per heavy atom. The summed E-state index contributed by atoms with van der Waals surface area (Å²) in [7, 11) is 0. The minimum atomic E-state index is -0.0554. The second-order valence-corrected chi connectivity index (χ2v) is 6.34. The van der Waals surface area contributed by atoms with Gasteiger partial charge >= 0.3 is 5.97 Å². The van der Waals surface area contributed by atoms with Crippen molar-refractivity contribution in [2.24, 2.45) is 5.92 Å². The van der Waals surface area contributed by atoms with Crippen LogP contribution in [0.3, 0.4) is 0 Å². The third kappa shape index (κ3) is 4.63. The van der Waals surface area contributed by atoms with E-state index in [2.05, 4.69) is 20.4 Å². The zero-order chi connectivity index (χ0) is 17.5. The first-order valence-electron chi connectivity index (χ1n) is 8.99. The summed E-state index contributed by atoms with van der Waals surface area (Å²) in [6, 6.07) is 9.92. The summed E-state index contributed by atoms with van der Waals surface area (Å²) in [6.07, 6.45) is 3.75. The van der Waals surface area contributed by atoms with E-state index >= 15 is 0 Å². The fourth-order valence-electron chi connectivity index (χ4n) is 3.30. The van der Waals surface area contributed by atoms with Crippen LogP contribution in [0.2, 0.25) is 0 Å². The molecule has 1 aromatic carbocycles. The van der Waals surface area contributed by atoms with Gasteiger partial charge in [-0.05, 0) is 61.8 Å². The number of nitrogens with zero attached hydrogens (tertiary/aromatic N) is 5. The van der Waals surface area contributed by atoms with Crippen LogP contribution in [0.15, 0.2) is 30.3 Å². The number of esters is 1. The van der Waals surface area contributed by atoms with Crippen molar-refractivity contribution in [3.8, 4) is 5.69 Å². The van der Waals surface area contributed by atoms with Crippen molar-refractivity contribution in [2.75, 3.05) is 26.2 Å². The Balaban J connectivity index is 1.50. The summed E-state index contributed by atoms with van der Waals surface area (Å²) in [4.78, 5) is 14.3. The summed E-state index contributed by atoms with van der Waals surface area (Å²) in [6.45, 7) is 5.09. The van der Waals surface area contributed by atoms with Crippen molar-refractivity contribution in [3.05, 3.63) is 36.2 Å². The highest BCUT2D eigenvalue weighted by Gasteiger charge is 2.26. The molecule has 25 heavy (non-hydrogen) atoms. The van der Waals surface area contributed by atoms with Crippen molar-refractivity contribution in [3.63, 3.8) is 0 Å². The topological polar surface area (TPSA) is 73.1 Å². The molecule has 0 unspecified atom stereocenters. The maximum atomic E-state index is 11.9. The van der Waals surface area contributed by atoms with E-state index in [-0.39, 0.29) is 11.9 Å². The number of hydrogen-bond acceptors (Lipinski definition) is 6. The molecule has 2 heterocycles. The van der Waals surface area contributed by atoms with Crippen LogP contribution in [-0.4, -0.2) is 57.3 Å². The van der Waals surface area contributed by atoms with Gasteiger partial charge in [0, 0.05) is 13.0 Å². The molecule has 1 aliphatic rings. The monoisotopic (exact) mass is 343 g/mol. The lowest BCUT2D eigenvalue weighted by molar-refractivity contribution is -0.149. The summed E-state index contributed by atoms with van der Waals surface area (Å²) in [5.41, 5.74) is 0.975. The van der Waals surface area contributed by atoms with Gasteiger partial charge < -0.3 is 9.64 Å². The summed E-state index contributed by atoms with van der Waals surface area (Å²) in [5.74, 6) is 0.828. The fourth-order valence-corrected chi connectivity index (χ4v) is 3.30. The molecule has 0 N–H and O–H groups in total. The number of ether oxygens (including phenoxy) is 1. The molecule has 0 bridgehead atoms. The van der Waals surface area contributed by atoms with Gasteiger partial charge in [-0.2, -0.15) is 4.68 Å². The Hall–Kier alpha value is -2.28.